The fourth-order valence-electron chi connectivity index (χ4n) is 3.52. The van der Waals surface area contributed by atoms with E-state index in [9.17, 15) is 4.79 Å². The Morgan fingerprint density at radius 2 is 1.88 bits per heavy atom. The van der Waals surface area contributed by atoms with Gasteiger partial charge in [0.25, 0.3) is 5.91 Å². The summed E-state index contributed by atoms with van der Waals surface area (Å²) in [5.41, 5.74) is 6.09. The molecule has 6 nitrogen and oxygen atoms in total. The summed E-state index contributed by atoms with van der Waals surface area (Å²) in [5.74, 6) is 0.995. The third-order valence-corrected chi connectivity index (χ3v) is 6.68. The van der Waals surface area contributed by atoms with Crippen molar-refractivity contribution in [3.05, 3.63) is 76.0 Å². The van der Waals surface area contributed by atoms with E-state index in [2.05, 4.69) is 23.5 Å². The Morgan fingerprint density at radius 1 is 1.06 bits per heavy atom. The summed E-state index contributed by atoms with van der Waals surface area (Å²) in [6, 6.07) is 19.0. The average molecular weight is 460 g/mol. The van der Waals surface area contributed by atoms with E-state index < -0.39 is 0 Å². The van der Waals surface area contributed by atoms with Crippen LogP contribution >= 0.6 is 11.3 Å². The number of rotatable bonds is 7. The van der Waals surface area contributed by atoms with Gasteiger partial charge < -0.3 is 9.47 Å². The molecule has 0 bridgehead atoms. The van der Waals surface area contributed by atoms with Crippen LogP contribution in [0.25, 0.3) is 22.2 Å². The molecule has 0 aliphatic carbocycles. The molecule has 2 aromatic heterocycles. The predicted octanol–water partition coefficient (Wildman–Crippen LogP) is 5.70. The van der Waals surface area contributed by atoms with E-state index in [0.717, 1.165) is 28.0 Å². The molecule has 4 rings (SSSR count). The van der Waals surface area contributed by atoms with Crippen LogP contribution < -0.4 is 14.9 Å². The Morgan fingerprint density at radius 3 is 2.61 bits per heavy atom. The van der Waals surface area contributed by atoms with E-state index in [1.54, 1.807) is 37.7 Å². The minimum Gasteiger partial charge on any atom is -0.497 e. The number of aryl methyl sites for hydroxylation is 1. The molecule has 0 radical (unpaired) electrons. The van der Waals surface area contributed by atoms with Crippen molar-refractivity contribution in [1.29, 1.82) is 0 Å². The zero-order valence-electron chi connectivity index (χ0n) is 19.0. The van der Waals surface area contributed by atoms with E-state index in [4.69, 9.17) is 14.5 Å². The largest absolute Gasteiger partial charge is 0.497 e. The normalized spacial score (nSPS) is 11.5. The minimum atomic E-state index is -0.297. The number of hydrogen-bond acceptors (Lipinski definition) is 6. The molecule has 7 heteroatoms. The summed E-state index contributed by atoms with van der Waals surface area (Å²) < 4.78 is 10.9. The van der Waals surface area contributed by atoms with Gasteiger partial charge in [0.2, 0.25) is 0 Å². The van der Waals surface area contributed by atoms with Gasteiger partial charge in [-0.15, -0.1) is 11.3 Å². The van der Waals surface area contributed by atoms with Crippen LogP contribution in [0.15, 0.2) is 65.8 Å². The van der Waals surface area contributed by atoms with E-state index in [-0.39, 0.29) is 5.91 Å². The molecule has 0 aliphatic rings. The summed E-state index contributed by atoms with van der Waals surface area (Å²) in [6.07, 6.45) is 0.977. The second kappa shape index (κ2) is 9.83. The fourth-order valence-corrected chi connectivity index (χ4v) is 4.42. The average Bonchev–Trinajstić information content (AvgIpc) is 3.35. The second-order valence-electron chi connectivity index (χ2n) is 7.40. The number of thiophene rings is 1. The zero-order chi connectivity index (χ0) is 23.4. The number of ether oxygens (including phenoxy) is 2. The molecule has 0 aliphatic heterocycles. The highest BCUT2D eigenvalue weighted by Crippen LogP contribution is 2.34. The maximum Gasteiger partial charge on any atom is 0.272 e. The third-order valence-electron chi connectivity index (χ3n) is 5.34. The van der Waals surface area contributed by atoms with Crippen molar-refractivity contribution in [1.82, 2.24) is 10.4 Å². The monoisotopic (exact) mass is 459 g/mol. The predicted molar refractivity (Wildman–Crippen MR) is 134 cm³/mol. The van der Waals surface area contributed by atoms with Crippen molar-refractivity contribution in [3.63, 3.8) is 0 Å². The quantitative estimate of drug-likeness (QED) is 0.284. The first-order valence-corrected chi connectivity index (χ1v) is 11.4. The number of carbonyl (C=O) groups is 1. The van der Waals surface area contributed by atoms with Gasteiger partial charge in [0, 0.05) is 21.9 Å². The molecule has 2 heterocycles. The Balaban J connectivity index is 1.73. The number of hydrazone groups is 1. The number of methoxy groups -OCH3 is 2. The van der Waals surface area contributed by atoms with Gasteiger partial charge in [0.15, 0.2) is 0 Å². The van der Waals surface area contributed by atoms with E-state index in [0.29, 0.717) is 28.3 Å². The molecule has 1 N–H and O–H groups in total. The number of pyridine rings is 1. The summed E-state index contributed by atoms with van der Waals surface area (Å²) in [4.78, 5) is 20.3. The van der Waals surface area contributed by atoms with Gasteiger partial charge in [-0.05, 0) is 49.7 Å². The standard InChI is InChI=1S/C26H25N3O3S/c1-5-18-11-13-25(33-18)16(2)28-29-26(30)21-15-23(27-22-9-7-6-8-19(21)22)20-12-10-17(31-3)14-24(20)32-4/h6-15H,5H2,1-4H3,(H,29,30)/b28-16+. The smallest absolute Gasteiger partial charge is 0.272 e. The van der Waals surface area contributed by atoms with Crippen LogP contribution in [0.4, 0.5) is 0 Å². The van der Waals surface area contributed by atoms with E-state index in [1.165, 1.54) is 4.88 Å². The topological polar surface area (TPSA) is 72.8 Å². The summed E-state index contributed by atoms with van der Waals surface area (Å²) in [6.45, 7) is 4.01. The van der Waals surface area contributed by atoms with Crippen molar-refractivity contribution >= 4 is 33.9 Å². The second-order valence-corrected chi connectivity index (χ2v) is 8.56. The molecule has 0 saturated carbocycles. The molecule has 1 amide bonds. The Hall–Kier alpha value is -3.71. The van der Waals surface area contributed by atoms with E-state index >= 15 is 0 Å². The lowest BCUT2D eigenvalue weighted by molar-refractivity contribution is 0.0956. The van der Waals surface area contributed by atoms with Gasteiger partial charge in [-0.2, -0.15) is 5.10 Å². The zero-order valence-corrected chi connectivity index (χ0v) is 19.8. The van der Waals surface area contributed by atoms with Crippen LogP contribution in [0.2, 0.25) is 0 Å². The molecule has 2 aromatic carbocycles. The molecule has 0 atom stereocenters. The molecule has 0 saturated heterocycles. The number of fused-ring (bicyclic) bond motifs is 1. The molecular formula is C26H25N3O3S. The fraction of sp³-hybridized carbons (Fsp3) is 0.192. The summed E-state index contributed by atoms with van der Waals surface area (Å²) >= 11 is 1.68. The number of nitrogens with one attached hydrogen (secondary N) is 1. The first-order chi connectivity index (χ1) is 16.0. The third kappa shape index (κ3) is 4.73. The van der Waals surface area contributed by atoms with Gasteiger partial charge in [-0.3, -0.25) is 4.79 Å². The van der Waals surface area contributed by atoms with Crippen LogP contribution in [-0.2, 0) is 6.42 Å². The van der Waals surface area contributed by atoms with Gasteiger partial charge >= 0.3 is 0 Å². The molecule has 4 aromatic rings. The number of para-hydroxylation sites is 1. The van der Waals surface area contributed by atoms with Gasteiger partial charge in [-0.1, -0.05) is 25.1 Å². The molecule has 0 spiro atoms. The molecular weight excluding hydrogens is 434 g/mol. The van der Waals surface area contributed by atoms with Crippen molar-refractivity contribution in [2.75, 3.05) is 14.2 Å². The first-order valence-electron chi connectivity index (χ1n) is 10.6. The van der Waals surface area contributed by atoms with Crippen molar-refractivity contribution in [3.8, 4) is 22.8 Å². The molecule has 168 valence electrons. The maximum atomic E-state index is 13.2. The highest BCUT2D eigenvalue weighted by Gasteiger charge is 2.16. The van der Waals surface area contributed by atoms with Crippen molar-refractivity contribution in [2.45, 2.75) is 20.3 Å². The van der Waals surface area contributed by atoms with Gasteiger partial charge in [0.1, 0.15) is 11.5 Å². The molecule has 0 unspecified atom stereocenters. The number of carbonyl (C=O) groups excluding carboxylic acids is 1. The van der Waals surface area contributed by atoms with Gasteiger partial charge in [-0.25, -0.2) is 10.4 Å². The number of benzene rings is 2. The maximum absolute atomic E-state index is 13.2. The Kier molecular flexibility index (Phi) is 6.70. The minimum absolute atomic E-state index is 0.297. The number of nitrogens with zero attached hydrogens (tertiary/aromatic N) is 2. The van der Waals surface area contributed by atoms with Crippen molar-refractivity contribution in [2.24, 2.45) is 5.10 Å². The van der Waals surface area contributed by atoms with Crippen molar-refractivity contribution < 1.29 is 14.3 Å². The van der Waals surface area contributed by atoms with E-state index in [1.807, 2.05) is 49.4 Å². The SMILES string of the molecule is CCc1ccc(/C(C)=N/NC(=O)c2cc(-c3ccc(OC)cc3OC)nc3ccccc23)s1. The number of amides is 1. The first kappa shape index (κ1) is 22.5. The lowest BCUT2D eigenvalue weighted by atomic mass is 10.0. The summed E-state index contributed by atoms with van der Waals surface area (Å²) in [5, 5.41) is 5.10. The van der Waals surface area contributed by atoms with Crippen LogP contribution in [-0.4, -0.2) is 30.8 Å². The number of aromatic nitrogens is 1. The highest BCUT2D eigenvalue weighted by molar-refractivity contribution is 7.14. The van der Waals surface area contributed by atoms with Crippen LogP contribution in [0.3, 0.4) is 0 Å². The Bertz CT molecular complexity index is 1340. The van der Waals surface area contributed by atoms with Crippen LogP contribution in [0.5, 0.6) is 11.5 Å². The lowest BCUT2D eigenvalue weighted by Crippen LogP contribution is -2.20. The van der Waals surface area contributed by atoms with Crippen LogP contribution in [0.1, 0.15) is 34.0 Å². The molecule has 33 heavy (non-hydrogen) atoms. The Labute approximate surface area is 196 Å². The molecule has 0 fully saturated rings. The van der Waals surface area contributed by atoms with Crippen LogP contribution in [0, 0.1) is 0 Å². The number of hydrogen-bond donors (Lipinski definition) is 1. The highest BCUT2D eigenvalue weighted by atomic mass is 32.1. The van der Waals surface area contributed by atoms with Gasteiger partial charge in [0.05, 0.1) is 41.6 Å². The lowest BCUT2D eigenvalue weighted by Gasteiger charge is -2.13. The summed E-state index contributed by atoms with van der Waals surface area (Å²) in [7, 11) is 3.20.